The summed E-state index contributed by atoms with van der Waals surface area (Å²) in [6.07, 6.45) is 0. The lowest BCUT2D eigenvalue weighted by molar-refractivity contribution is -0.132. The van der Waals surface area contributed by atoms with E-state index in [-0.39, 0.29) is 26.7 Å². The van der Waals surface area contributed by atoms with Crippen LogP contribution in [0.1, 0.15) is 35.3 Å². The van der Waals surface area contributed by atoms with Gasteiger partial charge in [-0.2, -0.15) is 0 Å². The molecule has 3 atom stereocenters. The molecule has 3 unspecified atom stereocenters. The first-order chi connectivity index (χ1) is 15.7. The van der Waals surface area contributed by atoms with Crippen LogP contribution in [0.5, 0.6) is 0 Å². The number of esters is 1. The van der Waals surface area contributed by atoms with Gasteiger partial charge in [-0.15, -0.1) is 0 Å². The number of amides is 1. The van der Waals surface area contributed by atoms with Crippen LogP contribution in [0.4, 0.5) is 5.69 Å². The third-order valence-corrected chi connectivity index (χ3v) is 6.86. The zero-order valence-electron chi connectivity index (χ0n) is 18.8. The molecule has 0 saturated carbocycles. The highest BCUT2D eigenvalue weighted by atomic mass is 35.5. The quantitative estimate of drug-likeness (QED) is 0.625. The Bertz CT molecular complexity index is 1090. The summed E-state index contributed by atoms with van der Waals surface area (Å²) in [7, 11) is 1.28. The molecular formula is C24H27Cl2N3O4. The maximum Gasteiger partial charge on any atom is 0.337 e. The minimum Gasteiger partial charge on any atom is -0.465 e. The van der Waals surface area contributed by atoms with Crippen LogP contribution in [0.25, 0.3) is 0 Å². The van der Waals surface area contributed by atoms with Crippen molar-refractivity contribution in [2.45, 2.75) is 31.5 Å². The number of benzene rings is 2. The molecule has 7 nitrogen and oxygen atoms in total. The van der Waals surface area contributed by atoms with Crippen molar-refractivity contribution in [1.82, 2.24) is 10.2 Å². The first-order valence-electron chi connectivity index (χ1n) is 10.9. The Balaban J connectivity index is 1.77. The van der Waals surface area contributed by atoms with E-state index < -0.39 is 17.5 Å². The molecule has 2 heterocycles. The zero-order valence-corrected chi connectivity index (χ0v) is 20.3. The van der Waals surface area contributed by atoms with Gasteiger partial charge in [0.25, 0.3) is 5.91 Å². The number of fused-ring (bicyclic) bond motifs is 1. The molecule has 9 heteroatoms. The number of carbonyl (C=O) groups is 2. The van der Waals surface area contributed by atoms with Crippen molar-refractivity contribution in [2.75, 3.05) is 38.2 Å². The lowest BCUT2D eigenvalue weighted by Crippen LogP contribution is -2.55. The minimum absolute atomic E-state index is 0.0931. The number of halogens is 2. The number of nitrogens with one attached hydrogen (secondary N) is 1. The van der Waals surface area contributed by atoms with Crippen LogP contribution in [0, 0.1) is 0 Å². The Morgan fingerprint density at radius 1 is 1.15 bits per heavy atom. The molecule has 0 aromatic heterocycles. The van der Waals surface area contributed by atoms with Crippen molar-refractivity contribution in [3.63, 3.8) is 0 Å². The van der Waals surface area contributed by atoms with Crippen LogP contribution in [-0.4, -0.2) is 67.3 Å². The van der Waals surface area contributed by atoms with E-state index in [0.717, 1.165) is 13.1 Å². The van der Waals surface area contributed by atoms with Gasteiger partial charge in [0.1, 0.15) is 0 Å². The second-order valence-corrected chi connectivity index (χ2v) is 9.53. The van der Waals surface area contributed by atoms with Gasteiger partial charge in [-0.05, 0) is 32.0 Å². The Hall–Kier alpha value is -2.16. The van der Waals surface area contributed by atoms with E-state index in [1.54, 1.807) is 30.3 Å². The topological polar surface area (TPSA) is 82.1 Å². The molecule has 33 heavy (non-hydrogen) atoms. The normalized spacial score (nSPS) is 25.3. The van der Waals surface area contributed by atoms with Crippen LogP contribution in [-0.2, 0) is 15.1 Å². The van der Waals surface area contributed by atoms with Crippen molar-refractivity contribution < 1.29 is 19.4 Å². The standard InChI is InChI=1S/C24H27Cl2N3O4/c1-14-12-28(13-15(2)27-14)8-9-29-20-11-16(22(30)33-3)10-19(26)21(20)24(32,23(29)31)17-6-4-5-7-18(17)25/h4-7,10-11,14-15,27,32H,8-9,12-13H2,1-3H3. The third kappa shape index (κ3) is 4.24. The van der Waals surface area contributed by atoms with E-state index in [2.05, 4.69) is 24.1 Å². The van der Waals surface area contributed by atoms with E-state index in [1.807, 2.05) is 0 Å². The first-order valence-corrected chi connectivity index (χ1v) is 11.6. The van der Waals surface area contributed by atoms with Gasteiger partial charge in [-0.3, -0.25) is 9.69 Å². The second-order valence-electron chi connectivity index (χ2n) is 8.72. The van der Waals surface area contributed by atoms with Crippen LogP contribution in [0.2, 0.25) is 10.0 Å². The van der Waals surface area contributed by atoms with Gasteiger partial charge in [0.05, 0.1) is 23.4 Å². The molecule has 0 spiro atoms. The molecule has 2 aromatic carbocycles. The van der Waals surface area contributed by atoms with Gasteiger partial charge in [0.15, 0.2) is 5.60 Å². The molecular weight excluding hydrogens is 465 g/mol. The summed E-state index contributed by atoms with van der Waals surface area (Å²) in [5, 5.41) is 15.7. The monoisotopic (exact) mass is 491 g/mol. The fourth-order valence-corrected chi connectivity index (χ4v) is 5.52. The number of hydrogen-bond donors (Lipinski definition) is 2. The summed E-state index contributed by atoms with van der Waals surface area (Å²) < 4.78 is 4.85. The first kappa shape index (κ1) is 24.0. The highest BCUT2D eigenvalue weighted by Crippen LogP contribution is 2.49. The molecule has 0 radical (unpaired) electrons. The number of aliphatic hydroxyl groups is 1. The Morgan fingerprint density at radius 3 is 2.45 bits per heavy atom. The summed E-state index contributed by atoms with van der Waals surface area (Å²) in [4.78, 5) is 29.8. The zero-order chi connectivity index (χ0) is 23.9. The number of ether oxygens (including phenoxy) is 1. The van der Waals surface area contributed by atoms with Crippen molar-refractivity contribution >= 4 is 40.8 Å². The predicted octanol–water partition coefficient (Wildman–Crippen LogP) is 3.04. The maximum atomic E-state index is 13.8. The van der Waals surface area contributed by atoms with E-state index in [1.165, 1.54) is 18.1 Å². The van der Waals surface area contributed by atoms with E-state index in [0.29, 0.717) is 30.9 Å². The van der Waals surface area contributed by atoms with Gasteiger partial charge < -0.3 is 20.1 Å². The number of rotatable bonds is 5. The maximum absolute atomic E-state index is 13.8. The number of hydrogen-bond acceptors (Lipinski definition) is 6. The van der Waals surface area contributed by atoms with Crippen molar-refractivity contribution in [3.8, 4) is 0 Å². The van der Waals surface area contributed by atoms with Gasteiger partial charge >= 0.3 is 5.97 Å². The molecule has 2 aliphatic heterocycles. The van der Waals surface area contributed by atoms with Crippen LogP contribution >= 0.6 is 23.2 Å². The fourth-order valence-electron chi connectivity index (χ4n) is 4.90. The molecule has 1 fully saturated rings. The van der Waals surface area contributed by atoms with E-state index in [4.69, 9.17) is 27.9 Å². The SMILES string of the molecule is COC(=O)c1cc(Cl)c2c(c1)N(CCN1CC(C)NC(C)C1)C(=O)C2(O)c1ccccc1Cl. The summed E-state index contributed by atoms with van der Waals surface area (Å²) in [6.45, 7) is 6.85. The lowest BCUT2D eigenvalue weighted by Gasteiger charge is -2.37. The molecule has 2 aliphatic rings. The summed E-state index contributed by atoms with van der Waals surface area (Å²) in [5.74, 6) is -1.13. The van der Waals surface area contributed by atoms with Gasteiger partial charge in [-0.1, -0.05) is 41.4 Å². The van der Waals surface area contributed by atoms with Crippen molar-refractivity contribution in [3.05, 3.63) is 63.1 Å². The average molecular weight is 492 g/mol. The summed E-state index contributed by atoms with van der Waals surface area (Å²) in [6, 6.07) is 10.3. The molecule has 2 aromatic rings. The van der Waals surface area contributed by atoms with E-state index >= 15 is 0 Å². The largest absolute Gasteiger partial charge is 0.465 e. The van der Waals surface area contributed by atoms with Crippen LogP contribution in [0.15, 0.2) is 36.4 Å². The Kier molecular flexibility index (Phi) is 6.71. The van der Waals surface area contributed by atoms with E-state index in [9.17, 15) is 14.7 Å². The highest BCUT2D eigenvalue weighted by Gasteiger charge is 2.53. The fraction of sp³-hybridized carbons (Fsp3) is 0.417. The van der Waals surface area contributed by atoms with Crippen LogP contribution < -0.4 is 10.2 Å². The number of methoxy groups -OCH3 is 1. The molecule has 176 valence electrons. The lowest BCUT2D eigenvalue weighted by atomic mass is 9.87. The number of carbonyl (C=O) groups excluding carboxylic acids is 2. The molecule has 0 aliphatic carbocycles. The van der Waals surface area contributed by atoms with Gasteiger partial charge in [-0.25, -0.2) is 4.79 Å². The molecule has 1 saturated heterocycles. The Labute approximate surface area is 203 Å². The van der Waals surface area contributed by atoms with Gasteiger partial charge in [0, 0.05) is 54.4 Å². The minimum atomic E-state index is -2.07. The third-order valence-electron chi connectivity index (χ3n) is 6.23. The number of anilines is 1. The summed E-state index contributed by atoms with van der Waals surface area (Å²) >= 11 is 13.0. The molecule has 0 bridgehead atoms. The average Bonchev–Trinajstić information content (AvgIpc) is 2.98. The number of piperazine rings is 1. The highest BCUT2D eigenvalue weighted by molar-refractivity contribution is 6.35. The number of nitrogens with zero attached hydrogens (tertiary/aromatic N) is 2. The van der Waals surface area contributed by atoms with Crippen molar-refractivity contribution in [1.29, 1.82) is 0 Å². The Morgan fingerprint density at radius 2 is 1.82 bits per heavy atom. The summed E-state index contributed by atoms with van der Waals surface area (Å²) in [5.41, 5.74) is -1.02. The molecule has 2 N–H and O–H groups in total. The van der Waals surface area contributed by atoms with Crippen molar-refractivity contribution in [2.24, 2.45) is 0 Å². The molecule has 4 rings (SSSR count). The predicted molar refractivity (Wildman–Crippen MR) is 128 cm³/mol. The molecule has 1 amide bonds. The smallest absolute Gasteiger partial charge is 0.337 e. The van der Waals surface area contributed by atoms with Gasteiger partial charge in [0.2, 0.25) is 0 Å². The second kappa shape index (κ2) is 9.24. The van der Waals surface area contributed by atoms with Crippen LogP contribution in [0.3, 0.4) is 0 Å².